The first-order chi connectivity index (χ1) is 11.2. The van der Waals surface area contributed by atoms with Gasteiger partial charge in [-0.25, -0.2) is 4.98 Å². The van der Waals surface area contributed by atoms with Crippen molar-refractivity contribution >= 4 is 39.4 Å². The number of carbonyl (C=O) groups is 2. The Bertz CT molecular complexity index is 782. The van der Waals surface area contributed by atoms with Crippen LogP contribution in [0, 0.1) is 0 Å². The lowest BCUT2D eigenvalue weighted by Gasteiger charge is -2.02. The number of oxazole rings is 1. The van der Waals surface area contributed by atoms with E-state index in [1.807, 2.05) is 24.3 Å². The van der Waals surface area contributed by atoms with Gasteiger partial charge in [-0.15, -0.1) is 10.2 Å². The minimum Gasteiger partial charge on any atom is -0.439 e. The fraction of sp³-hybridized carbons (Fsp3) is 0.214. The number of hydrogen-bond acceptors (Lipinski definition) is 7. The quantitative estimate of drug-likeness (QED) is 0.711. The smallest absolute Gasteiger partial charge is 0.226 e. The van der Waals surface area contributed by atoms with E-state index in [9.17, 15) is 9.59 Å². The molecule has 0 spiro atoms. The molecule has 0 aliphatic carbocycles. The average molecular weight is 331 g/mol. The van der Waals surface area contributed by atoms with Crippen molar-refractivity contribution in [1.29, 1.82) is 0 Å². The van der Waals surface area contributed by atoms with Crippen LogP contribution in [0.4, 0.5) is 5.13 Å². The predicted molar refractivity (Wildman–Crippen MR) is 83.6 cm³/mol. The van der Waals surface area contributed by atoms with E-state index in [4.69, 9.17) is 4.42 Å². The first kappa shape index (κ1) is 15.1. The van der Waals surface area contributed by atoms with Gasteiger partial charge < -0.3 is 15.1 Å². The maximum Gasteiger partial charge on any atom is 0.226 e. The molecule has 3 rings (SSSR count). The zero-order valence-electron chi connectivity index (χ0n) is 12.0. The molecule has 23 heavy (non-hydrogen) atoms. The van der Waals surface area contributed by atoms with Crippen LogP contribution in [0.2, 0.25) is 0 Å². The summed E-state index contributed by atoms with van der Waals surface area (Å²) in [7, 11) is 0. The molecule has 9 heteroatoms. The lowest BCUT2D eigenvalue weighted by atomic mass is 10.3. The van der Waals surface area contributed by atoms with Crippen LogP contribution >= 0.6 is 11.3 Å². The van der Waals surface area contributed by atoms with Gasteiger partial charge in [0, 0.05) is 12.8 Å². The molecule has 0 saturated carbocycles. The first-order valence-electron chi connectivity index (χ1n) is 6.88. The highest BCUT2D eigenvalue weighted by Gasteiger charge is 2.10. The van der Waals surface area contributed by atoms with Crippen molar-refractivity contribution in [3.63, 3.8) is 0 Å². The van der Waals surface area contributed by atoms with Crippen LogP contribution in [0.15, 0.2) is 34.2 Å². The average Bonchev–Trinajstić information content (AvgIpc) is 3.19. The van der Waals surface area contributed by atoms with Gasteiger partial charge in [-0.1, -0.05) is 23.5 Å². The van der Waals surface area contributed by atoms with Gasteiger partial charge in [0.25, 0.3) is 0 Å². The molecule has 1 aromatic carbocycles. The summed E-state index contributed by atoms with van der Waals surface area (Å²) in [6.07, 6.45) is 0.143. The minimum absolute atomic E-state index is 0.0684. The lowest BCUT2D eigenvalue weighted by molar-refractivity contribution is -0.124. The van der Waals surface area contributed by atoms with Gasteiger partial charge in [0.1, 0.15) is 11.0 Å². The highest BCUT2D eigenvalue weighted by Crippen LogP contribution is 2.14. The van der Waals surface area contributed by atoms with Crippen molar-refractivity contribution < 1.29 is 14.0 Å². The van der Waals surface area contributed by atoms with E-state index in [1.165, 1.54) is 16.8 Å². The van der Waals surface area contributed by atoms with E-state index in [2.05, 4.69) is 25.8 Å². The van der Waals surface area contributed by atoms with E-state index in [-0.39, 0.29) is 31.2 Å². The Kier molecular flexibility index (Phi) is 4.57. The Morgan fingerprint density at radius 2 is 2.00 bits per heavy atom. The molecule has 2 amide bonds. The summed E-state index contributed by atoms with van der Waals surface area (Å²) < 4.78 is 5.50. The molecule has 8 nitrogen and oxygen atoms in total. The lowest BCUT2D eigenvalue weighted by Crippen LogP contribution is -2.24. The SMILES string of the molecule is O=C(CCC(=O)Nc1nncs1)NCc1nc2ccccc2o1. The van der Waals surface area contributed by atoms with Gasteiger partial charge >= 0.3 is 0 Å². The molecule has 0 saturated heterocycles. The number of hydrogen-bond donors (Lipinski definition) is 2. The van der Waals surface area contributed by atoms with Gasteiger partial charge in [-0.05, 0) is 12.1 Å². The topological polar surface area (TPSA) is 110 Å². The summed E-state index contributed by atoms with van der Waals surface area (Å²) in [5.74, 6) is -0.101. The monoisotopic (exact) mass is 331 g/mol. The number of carbonyl (C=O) groups excluding carboxylic acids is 2. The summed E-state index contributed by atoms with van der Waals surface area (Å²) in [6.45, 7) is 0.186. The summed E-state index contributed by atoms with van der Waals surface area (Å²) in [5.41, 5.74) is 2.93. The molecular formula is C14H13N5O3S. The fourth-order valence-electron chi connectivity index (χ4n) is 1.89. The van der Waals surface area contributed by atoms with Crippen LogP contribution in [0.3, 0.4) is 0 Å². The van der Waals surface area contributed by atoms with Crippen molar-refractivity contribution in [2.45, 2.75) is 19.4 Å². The molecule has 0 atom stereocenters. The molecule has 0 aliphatic rings. The molecule has 0 radical (unpaired) electrons. The van der Waals surface area contributed by atoms with Gasteiger partial charge in [-0.2, -0.15) is 0 Å². The number of nitrogens with one attached hydrogen (secondary N) is 2. The number of benzene rings is 1. The van der Waals surface area contributed by atoms with Crippen LogP contribution in [0.1, 0.15) is 18.7 Å². The molecule has 118 valence electrons. The van der Waals surface area contributed by atoms with Gasteiger partial charge in [-0.3, -0.25) is 9.59 Å². The van der Waals surface area contributed by atoms with Crippen LogP contribution in [0.5, 0.6) is 0 Å². The number of rotatable bonds is 6. The second-order valence-electron chi connectivity index (χ2n) is 4.64. The minimum atomic E-state index is -0.279. The first-order valence-corrected chi connectivity index (χ1v) is 7.76. The zero-order valence-corrected chi connectivity index (χ0v) is 12.8. The van der Waals surface area contributed by atoms with Crippen molar-refractivity contribution in [2.75, 3.05) is 5.32 Å². The molecule has 0 fully saturated rings. The Morgan fingerprint density at radius 3 is 2.78 bits per heavy atom. The van der Waals surface area contributed by atoms with Crippen LogP contribution in [0.25, 0.3) is 11.1 Å². The highest BCUT2D eigenvalue weighted by atomic mass is 32.1. The van der Waals surface area contributed by atoms with Crippen LogP contribution in [-0.4, -0.2) is 27.0 Å². The molecule has 0 unspecified atom stereocenters. The van der Waals surface area contributed by atoms with E-state index in [0.717, 1.165) is 5.52 Å². The van der Waals surface area contributed by atoms with Crippen LogP contribution < -0.4 is 10.6 Å². The maximum atomic E-state index is 11.8. The van der Waals surface area contributed by atoms with E-state index in [0.29, 0.717) is 16.6 Å². The van der Waals surface area contributed by atoms with Gasteiger partial charge in [0.05, 0.1) is 6.54 Å². The number of para-hydroxylation sites is 2. The highest BCUT2D eigenvalue weighted by molar-refractivity contribution is 7.13. The normalized spacial score (nSPS) is 10.6. The molecule has 3 aromatic rings. The Balaban J connectivity index is 1.43. The zero-order chi connectivity index (χ0) is 16.1. The summed E-state index contributed by atoms with van der Waals surface area (Å²) >= 11 is 1.22. The van der Waals surface area contributed by atoms with E-state index >= 15 is 0 Å². The third kappa shape index (κ3) is 4.10. The third-order valence-corrected chi connectivity index (χ3v) is 3.57. The number of nitrogens with zero attached hydrogens (tertiary/aromatic N) is 3. The van der Waals surface area contributed by atoms with E-state index < -0.39 is 0 Å². The largest absolute Gasteiger partial charge is 0.439 e. The van der Waals surface area contributed by atoms with Gasteiger partial charge in [0.2, 0.25) is 22.8 Å². The number of fused-ring (bicyclic) bond motifs is 1. The molecular weight excluding hydrogens is 318 g/mol. The van der Waals surface area contributed by atoms with Crippen molar-refractivity contribution in [3.05, 3.63) is 35.7 Å². The van der Waals surface area contributed by atoms with E-state index in [1.54, 1.807) is 0 Å². The van der Waals surface area contributed by atoms with Gasteiger partial charge in [0.15, 0.2) is 5.58 Å². The molecule has 0 bridgehead atoms. The molecule has 2 aromatic heterocycles. The second kappa shape index (κ2) is 6.97. The summed E-state index contributed by atoms with van der Waals surface area (Å²) in [6, 6.07) is 7.36. The number of amides is 2. The third-order valence-electron chi connectivity index (χ3n) is 2.96. The van der Waals surface area contributed by atoms with Crippen LogP contribution in [-0.2, 0) is 16.1 Å². The Morgan fingerprint density at radius 1 is 1.17 bits per heavy atom. The summed E-state index contributed by atoms with van der Waals surface area (Å²) in [5, 5.41) is 13.0. The van der Waals surface area contributed by atoms with Crippen molar-refractivity contribution in [2.24, 2.45) is 0 Å². The molecule has 2 heterocycles. The second-order valence-corrected chi connectivity index (χ2v) is 5.48. The predicted octanol–water partition coefficient (Wildman–Crippen LogP) is 1.71. The summed E-state index contributed by atoms with van der Waals surface area (Å²) in [4.78, 5) is 27.6. The Hall–Kier alpha value is -2.81. The fourth-order valence-corrected chi connectivity index (χ4v) is 2.36. The van der Waals surface area contributed by atoms with Crippen molar-refractivity contribution in [1.82, 2.24) is 20.5 Å². The van der Waals surface area contributed by atoms with Crippen molar-refractivity contribution in [3.8, 4) is 0 Å². The molecule has 2 N–H and O–H groups in total. The molecule has 0 aliphatic heterocycles. The number of aromatic nitrogens is 3. The standard InChI is InChI=1S/C14H13N5O3S/c20-11(5-6-12(21)18-14-19-16-8-23-14)15-7-13-17-9-3-1-2-4-10(9)22-13/h1-4,8H,5-7H2,(H,15,20)(H,18,19,21). The Labute approximate surface area is 134 Å². The number of anilines is 1. The maximum absolute atomic E-state index is 11.8.